The highest BCUT2D eigenvalue weighted by atomic mass is 32.1. The number of esters is 1. The van der Waals surface area contributed by atoms with Gasteiger partial charge in [0.25, 0.3) is 11.8 Å². The van der Waals surface area contributed by atoms with E-state index in [1.165, 1.54) is 0 Å². The van der Waals surface area contributed by atoms with E-state index in [4.69, 9.17) is 15.2 Å². The zero-order valence-electron chi connectivity index (χ0n) is 12.4. The normalized spacial score (nSPS) is 17.3. The van der Waals surface area contributed by atoms with Crippen molar-refractivity contribution in [1.29, 1.82) is 0 Å². The maximum Gasteiger partial charge on any atom is 0.348 e. The van der Waals surface area contributed by atoms with Gasteiger partial charge in [-0.3, -0.25) is 9.59 Å². The van der Waals surface area contributed by atoms with Crippen molar-refractivity contribution in [3.63, 3.8) is 0 Å². The van der Waals surface area contributed by atoms with Crippen molar-refractivity contribution in [1.82, 2.24) is 0 Å². The van der Waals surface area contributed by atoms with Gasteiger partial charge in [-0.2, -0.15) is 0 Å². The van der Waals surface area contributed by atoms with Crippen molar-refractivity contribution < 1.29 is 23.9 Å². The van der Waals surface area contributed by atoms with Gasteiger partial charge in [-0.1, -0.05) is 0 Å². The molecular weight excluding hydrogens is 308 g/mol. The van der Waals surface area contributed by atoms with Crippen molar-refractivity contribution in [3.8, 4) is 0 Å². The smallest absolute Gasteiger partial charge is 0.348 e. The Bertz CT molecular complexity index is 605. The maximum atomic E-state index is 12.1. The minimum atomic E-state index is -0.702. The van der Waals surface area contributed by atoms with Gasteiger partial charge >= 0.3 is 5.97 Å². The molecule has 0 bridgehead atoms. The molecule has 1 aromatic rings. The molecule has 120 valence electrons. The molecule has 0 aliphatic carbocycles. The predicted octanol–water partition coefficient (Wildman–Crippen LogP) is 1.45. The third-order valence-electron chi connectivity index (χ3n) is 3.31. The highest BCUT2D eigenvalue weighted by Crippen LogP contribution is 2.33. The molecule has 1 atom stereocenters. The van der Waals surface area contributed by atoms with Gasteiger partial charge < -0.3 is 20.5 Å². The lowest BCUT2D eigenvalue weighted by Crippen LogP contribution is -2.27. The monoisotopic (exact) mass is 326 g/mol. The minimum Gasteiger partial charge on any atom is -0.462 e. The number of thiophene rings is 1. The number of nitrogens with two attached hydrogens (primary N) is 1. The molecule has 22 heavy (non-hydrogen) atoms. The van der Waals surface area contributed by atoms with E-state index in [9.17, 15) is 14.4 Å². The highest BCUT2D eigenvalue weighted by molar-refractivity contribution is 7.18. The SMILES string of the molecule is CCOC(=O)c1sc(NC(=O)[C@H]2CCCO2)c(C(N)=O)c1C. The number of amides is 2. The Labute approximate surface area is 131 Å². The van der Waals surface area contributed by atoms with Crippen molar-refractivity contribution in [3.05, 3.63) is 16.0 Å². The summed E-state index contributed by atoms with van der Waals surface area (Å²) < 4.78 is 10.2. The molecule has 0 spiro atoms. The summed E-state index contributed by atoms with van der Waals surface area (Å²) in [7, 11) is 0. The van der Waals surface area contributed by atoms with Crippen LogP contribution in [-0.4, -0.2) is 37.1 Å². The van der Waals surface area contributed by atoms with E-state index in [0.717, 1.165) is 17.8 Å². The lowest BCUT2D eigenvalue weighted by Gasteiger charge is -2.09. The topological polar surface area (TPSA) is 108 Å². The van der Waals surface area contributed by atoms with Gasteiger partial charge in [0.05, 0.1) is 12.2 Å². The fourth-order valence-corrected chi connectivity index (χ4v) is 3.38. The number of carbonyl (C=O) groups excluding carboxylic acids is 3. The van der Waals surface area contributed by atoms with Crippen molar-refractivity contribution in [2.24, 2.45) is 5.73 Å². The highest BCUT2D eigenvalue weighted by Gasteiger charge is 2.28. The predicted molar refractivity (Wildman–Crippen MR) is 81.1 cm³/mol. The van der Waals surface area contributed by atoms with Gasteiger partial charge in [-0.25, -0.2) is 4.79 Å². The molecule has 2 amide bonds. The van der Waals surface area contributed by atoms with Gasteiger partial charge in [-0.05, 0) is 32.3 Å². The Balaban J connectivity index is 2.29. The van der Waals surface area contributed by atoms with Crippen molar-refractivity contribution in [2.45, 2.75) is 32.8 Å². The number of nitrogens with one attached hydrogen (secondary N) is 1. The third-order valence-corrected chi connectivity index (χ3v) is 4.50. The summed E-state index contributed by atoms with van der Waals surface area (Å²) in [5.41, 5.74) is 5.92. The lowest BCUT2D eigenvalue weighted by molar-refractivity contribution is -0.124. The van der Waals surface area contributed by atoms with E-state index in [2.05, 4.69) is 5.32 Å². The number of hydrogen-bond donors (Lipinski definition) is 2. The van der Waals surface area contributed by atoms with Crippen LogP contribution in [0.15, 0.2) is 0 Å². The molecule has 7 nitrogen and oxygen atoms in total. The summed E-state index contributed by atoms with van der Waals surface area (Å²) in [6.45, 7) is 4.05. The number of rotatable bonds is 5. The van der Waals surface area contributed by atoms with Gasteiger partial charge in [0.1, 0.15) is 16.0 Å². The summed E-state index contributed by atoms with van der Waals surface area (Å²) >= 11 is 0.987. The fraction of sp³-hybridized carbons (Fsp3) is 0.500. The van der Waals surface area contributed by atoms with Crippen LogP contribution < -0.4 is 11.1 Å². The number of carbonyl (C=O) groups is 3. The second-order valence-electron chi connectivity index (χ2n) is 4.84. The second-order valence-corrected chi connectivity index (χ2v) is 5.86. The van der Waals surface area contributed by atoms with Gasteiger partial charge in [0, 0.05) is 6.61 Å². The van der Waals surface area contributed by atoms with E-state index >= 15 is 0 Å². The standard InChI is InChI=1S/C14H18N2O5S/c1-3-20-14(19)10-7(2)9(11(15)17)13(22-10)16-12(18)8-5-4-6-21-8/h8H,3-6H2,1-2H3,(H2,15,17)(H,16,18)/t8-/m1/s1. The summed E-state index contributed by atoms with van der Waals surface area (Å²) in [6, 6.07) is 0. The van der Waals surface area contributed by atoms with Crippen molar-refractivity contribution >= 4 is 34.1 Å². The summed E-state index contributed by atoms with van der Waals surface area (Å²) in [6.07, 6.45) is 0.916. The molecule has 1 fully saturated rings. The van der Waals surface area contributed by atoms with E-state index in [-0.39, 0.29) is 28.0 Å². The molecule has 2 rings (SSSR count). The summed E-state index contributed by atoms with van der Waals surface area (Å²) in [5, 5.41) is 2.90. The molecule has 0 unspecified atom stereocenters. The van der Waals surface area contributed by atoms with Crippen LogP contribution in [0.4, 0.5) is 5.00 Å². The zero-order chi connectivity index (χ0) is 16.3. The number of ether oxygens (including phenoxy) is 2. The van der Waals surface area contributed by atoms with Gasteiger partial charge in [-0.15, -0.1) is 11.3 Å². The summed E-state index contributed by atoms with van der Waals surface area (Å²) in [5.74, 6) is -1.58. The van der Waals surface area contributed by atoms with Gasteiger partial charge in [0.15, 0.2) is 0 Å². The molecule has 1 aromatic heterocycles. The van der Waals surface area contributed by atoms with Crippen LogP contribution in [0.2, 0.25) is 0 Å². The fourth-order valence-electron chi connectivity index (χ4n) is 2.27. The maximum absolute atomic E-state index is 12.1. The molecule has 0 aromatic carbocycles. The molecule has 3 N–H and O–H groups in total. The van der Waals surface area contributed by atoms with Crippen LogP contribution in [0.25, 0.3) is 0 Å². The molecule has 0 saturated carbocycles. The second kappa shape index (κ2) is 6.89. The summed E-state index contributed by atoms with van der Waals surface area (Å²) in [4.78, 5) is 35.9. The Morgan fingerprint density at radius 1 is 1.45 bits per heavy atom. The van der Waals surface area contributed by atoms with Gasteiger partial charge in [0.2, 0.25) is 0 Å². The van der Waals surface area contributed by atoms with E-state index in [1.807, 2.05) is 0 Å². The first kappa shape index (κ1) is 16.4. The van der Waals surface area contributed by atoms with Crippen LogP contribution >= 0.6 is 11.3 Å². The number of primary amides is 1. The first-order chi connectivity index (χ1) is 10.5. The first-order valence-corrected chi connectivity index (χ1v) is 7.80. The average Bonchev–Trinajstić information content (AvgIpc) is 3.07. The van der Waals surface area contributed by atoms with E-state index in [0.29, 0.717) is 18.6 Å². The Morgan fingerprint density at radius 2 is 2.18 bits per heavy atom. The number of anilines is 1. The zero-order valence-corrected chi connectivity index (χ0v) is 13.2. The molecule has 1 aliphatic heterocycles. The number of hydrogen-bond acceptors (Lipinski definition) is 6. The van der Waals surface area contributed by atoms with E-state index < -0.39 is 18.0 Å². The molecule has 1 aliphatic rings. The molecule has 0 radical (unpaired) electrons. The van der Waals surface area contributed by atoms with Crippen LogP contribution in [-0.2, 0) is 14.3 Å². The lowest BCUT2D eigenvalue weighted by atomic mass is 10.1. The van der Waals surface area contributed by atoms with Crippen molar-refractivity contribution in [2.75, 3.05) is 18.5 Å². The van der Waals surface area contributed by atoms with Crippen LogP contribution in [0, 0.1) is 6.92 Å². The molecule has 8 heteroatoms. The third kappa shape index (κ3) is 3.28. The van der Waals surface area contributed by atoms with E-state index in [1.54, 1.807) is 13.8 Å². The van der Waals surface area contributed by atoms with Crippen LogP contribution in [0.3, 0.4) is 0 Å². The first-order valence-electron chi connectivity index (χ1n) is 6.98. The van der Waals surface area contributed by atoms with Crippen LogP contribution in [0.1, 0.15) is 45.4 Å². The average molecular weight is 326 g/mol. The minimum absolute atomic E-state index is 0.138. The molecular formula is C14H18N2O5S. The Kier molecular flexibility index (Phi) is 5.15. The molecule has 2 heterocycles. The van der Waals surface area contributed by atoms with Crippen LogP contribution in [0.5, 0.6) is 0 Å². The Hall–Kier alpha value is -1.93. The molecule has 1 saturated heterocycles. The largest absolute Gasteiger partial charge is 0.462 e. The Morgan fingerprint density at radius 3 is 2.73 bits per heavy atom. The quantitative estimate of drug-likeness (QED) is 0.796.